The van der Waals surface area contributed by atoms with E-state index in [0.717, 1.165) is 13.1 Å². The van der Waals surface area contributed by atoms with Crippen LogP contribution in [0.3, 0.4) is 0 Å². The summed E-state index contributed by atoms with van der Waals surface area (Å²) in [5.74, 6) is 0.611. The molecule has 3 nitrogen and oxygen atoms in total. The van der Waals surface area contributed by atoms with Crippen molar-refractivity contribution in [1.29, 1.82) is 0 Å². The van der Waals surface area contributed by atoms with Crippen molar-refractivity contribution in [3.05, 3.63) is 60.7 Å². The standard InChI is InChI=1S/C18H19N3/c1-2-4-16-11-17(6-5-14(16)3-1)21-13-20-12-18(21)15-7-9-19-10-8-15/h1-6,11-13,15,19H,7-10H2. The molecule has 0 spiro atoms. The van der Waals surface area contributed by atoms with Crippen molar-refractivity contribution >= 4 is 10.8 Å². The number of benzene rings is 2. The first kappa shape index (κ1) is 12.6. The van der Waals surface area contributed by atoms with Gasteiger partial charge in [0.15, 0.2) is 0 Å². The number of nitrogens with one attached hydrogen (secondary N) is 1. The maximum Gasteiger partial charge on any atom is 0.0994 e. The molecule has 1 N–H and O–H groups in total. The fourth-order valence-corrected chi connectivity index (χ4v) is 3.27. The molecule has 0 amide bonds. The fourth-order valence-electron chi connectivity index (χ4n) is 3.27. The van der Waals surface area contributed by atoms with Crippen LogP contribution in [0.4, 0.5) is 0 Å². The Hall–Kier alpha value is -2.13. The van der Waals surface area contributed by atoms with Gasteiger partial charge in [-0.05, 0) is 48.8 Å². The lowest BCUT2D eigenvalue weighted by Crippen LogP contribution is -2.27. The van der Waals surface area contributed by atoms with E-state index in [9.17, 15) is 0 Å². The van der Waals surface area contributed by atoms with E-state index < -0.39 is 0 Å². The minimum absolute atomic E-state index is 0.611. The van der Waals surface area contributed by atoms with Gasteiger partial charge in [0.25, 0.3) is 0 Å². The highest BCUT2D eigenvalue weighted by Gasteiger charge is 2.19. The Balaban J connectivity index is 1.76. The van der Waals surface area contributed by atoms with E-state index in [1.807, 2.05) is 12.5 Å². The van der Waals surface area contributed by atoms with Gasteiger partial charge in [0, 0.05) is 23.5 Å². The number of hydrogen-bond donors (Lipinski definition) is 1. The van der Waals surface area contributed by atoms with Crippen molar-refractivity contribution in [3.63, 3.8) is 0 Å². The molecule has 1 aromatic heterocycles. The molecular weight excluding hydrogens is 258 g/mol. The van der Waals surface area contributed by atoms with Gasteiger partial charge < -0.3 is 9.88 Å². The third kappa shape index (κ3) is 2.34. The van der Waals surface area contributed by atoms with Gasteiger partial charge in [0.2, 0.25) is 0 Å². The van der Waals surface area contributed by atoms with Gasteiger partial charge in [0.05, 0.1) is 6.33 Å². The fraction of sp³-hybridized carbons (Fsp3) is 0.278. The lowest BCUT2D eigenvalue weighted by atomic mass is 9.95. The Labute approximate surface area is 124 Å². The van der Waals surface area contributed by atoms with Crippen LogP contribution in [-0.4, -0.2) is 22.6 Å². The molecule has 0 unspecified atom stereocenters. The molecule has 1 aliphatic rings. The summed E-state index contributed by atoms with van der Waals surface area (Å²) in [7, 11) is 0. The molecule has 106 valence electrons. The number of piperidine rings is 1. The number of rotatable bonds is 2. The zero-order valence-corrected chi connectivity index (χ0v) is 12.0. The molecular formula is C18H19N3. The lowest BCUT2D eigenvalue weighted by Gasteiger charge is -2.23. The zero-order valence-electron chi connectivity index (χ0n) is 12.0. The average Bonchev–Trinajstić information content (AvgIpc) is 3.05. The number of hydrogen-bond acceptors (Lipinski definition) is 2. The first-order chi connectivity index (χ1) is 10.4. The molecule has 2 aromatic carbocycles. The van der Waals surface area contributed by atoms with Crippen molar-refractivity contribution in [2.24, 2.45) is 0 Å². The van der Waals surface area contributed by atoms with E-state index in [0.29, 0.717) is 5.92 Å². The summed E-state index contributed by atoms with van der Waals surface area (Å²) in [4.78, 5) is 4.40. The van der Waals surface area contributed by atoms with Crippen molar-refractivity contribution in [3.8, 4) is 5.69 Å². The summed E-state index contributed by atoms with van der Waals surface area (Å²) >= 11 is 0. The van der Waals surface area contributed by atoms with Gasteiger partial charge in [-0.25, -0.2) is 4.98 Å². The quantitative estimate of drug-likeness (QED) is 0.777. The monoisotopic (exact) mass is 277 g/mol. The topological polar surface area (TPSA) is 29.9 Å². The van der Waals surface area contributed by atoms with Gasteiger partial charge in [0.1, 0.15) is 0 Å². The lowest BCUT2D eigenvalue weighted by molar-refractivity contribution is 0.449. The summed E-state index contributed by atoms with van der Waals surface area (Å²) in [6.07, 6.45) is 6.37. The van der Waals surface area contributed by atoms with Gasteiger partial charge in [-0.3, -0.25) is 0 Å². The molecule has 3 heteroatoms. The highest BCUT2D eigenvalue weighted by Crippen LogP contribution is 2.28. The number of fused-ring (bicyclic) bond motifs is 1. The van der Waals surface area contributed by atoms with Crippen LogP contribution >= 0.6 is 0 Å². The summed E-state index contributed by atoms with van der Waals surface area (Å²) in [6.45, 7) is 2.21. The highest BCUT2D eigenvalue weighted by atomic mass is 15.1. The van der Waals surface area contributed by atoms with Crippen LogP contribution in [0.15, 0.2) is 55.0 Å². The second kappa shape index (κ2) is 5.34. The summed E-state index contributed by atoms with van der Waals surface area (Å²) in [5, 5.41) is 5.99. The van der Waals surface area contributed by atoms with Crippen LogP contribution in [0.1, 0.15) is 24.5 Å². The first-order valence-electron chi connectivity index (χ1n) is 7.64. The van der Waals surface area contributed by atoms with Crippen LogP contribution in [0.25, 0.3) is 16.5 Å². The van der Waals surface area contributed by atoms with Crippen molar-refractivity contribution in [2.75, 3.05) is 13.1 Å². The molecule has 0 atom stereocenters. The Morgan fingerprint density at radius 3 is 2.67 bits per heavy atom. The first-order valence-corrected chi connectivity index (χ1v) is 7.64. The molecule has 2 heterocycles. The summed E-state index contributed by atoms with van der Waals surface area (Å²) in [5.41, 5.74) is 2.55. The van der Waals surface area contributed by atoms with E-state index in [1.165, 1.54) is 35.0 Å². The molecule has 4 rings (SSSR count). The maximum atomic E-state index is 4.40. The predicted molar refractivity (Wildman–Crippen MR) is 85.9 cm³/mol. The predicted octanol–water partition coefficient (Wildman–Crippen LogP) is 3.49. The van der Waals surface area contributed by atoms with E-state index in [1.54, 1.807) is 0 Å². The zero-order chi connectivity index (χ0) is 14.1. The maximum absolute atomic E-state index is 4.40. The molecule has 1 saturated heterocycles. The van der Waals surface area contributed by atoms with E-state index in [4.69, 9.17) is 0 Å². The Bertz CT molecular complexity index is 754. The SMILES string of the molecule is c1ccc2cc(-n3cncc3C3CCNCC3)ccc2c1. The van der Waals surface area contributed by atoms with Gasteiger partial charge in [-0.15, -0.1) is 0 Å². The normalized spacial score (nSPS) is 16.4. The van der Waals surface area contributed by atoms with E-state index >= 15 is 0 Å². The molecule has 21 heavy (non-hydrogen) atoms. The molecule has 0 aliphatic carbocycles. The molecule has 0 bridgehead atoms. The second-order valence-electron chi connectivity index (χ2n) is 5.74. The second-order valence-corrected chi connectivity index (χ2v) is 5.74. The molecule has 3 aromatic rings. The third-order valence-electron chi connectivity index (χ3n) is 4.44. The molecule has 0 saturated carbocycles. The van der Waals surface area contributed by atoms with Crippen LogP contribution in [0.5, 0.6) is 0 Å². The Kier molecular flexibility index (Phi) is 3.20. The van der Waals surface area contributed by atoms with E-state index in [2.05, 4.69) is 57.3 Å². The van der Waals surface area contributed by atoms with E-state index in [-0.39, 0.29) is 0 Å². The number of aromatic nitrogens is 2. The van der Waals surface area contributed by atoms with Crippen LogP contribution in [0, 0.1) is 0 Å². The van der Waals surface area contributed by atoms with Crippen molar-refractivity contribution in [2.45, 2.75) is 18.8 Å². The minimum Gasteiger partial charge on any atom is -0.317 e. The van der Waals surface area contributed by atoms with Crippen LogP contribution in [0.2, 0.25) is 0 Å². The van der Waals surface area contributed by atoms with Crippen LogP contribution < -0.4 is 5.32 Å². The van der Waals surface area contributed by atoms with Gasteiger partial charge >= 0.3 is 0 Å². The Morgan fingerprint density at radius 2 is 1.81 bits per heavy atom. The largest absolute Gasteiger partial charge is 0.317 e. The highest BCUT2D eigenvalue weighted by molar-refractivity contribution is 5.84. The molecule has 1 fully saturated rings. The van der Waals surface area contributed by atoms with Crippen molar-refractivity contribution < 1.29 is 0 Å². The Morgan fingerprint density at radius 1 is 1.00 bits per heavy atom. The summed E-state index contributed by atoms with van der Waals surface area (Å²) in [6, 6.07) is 15.1. The van der Waals surface area contributed by atoms with Crippen LogP contribution in [-0.2, 0) is 0 Å². The van der Waals surface area contributed by atoms with Gasteiger partial charge in [-0.2, -0.15) is 0 Å². The number of nitrogens with zero attached hydrogens (tertiary/aromatic N) is 2. The smallest absolute Gasteiger partial charge is 0.0994 e. The van der Waals surface area contributed by atoms with Crippen molar-refractivity contribution in [1.82, 2.24) is 14.9 Å². The third-order valence-corrected chi connectivity index (χ3v) is 4.44. The van der Waals surface area contributed by atoms with Gasteiger partial charge in [-0.1, -0.05) is 30.3 Å². The summed E-state index contributed by atoms with van der Waals surface area (Å²) < 4.78 is 2.25. The minimum atomic E-state index is 0.611. The average molecular weight is 277 g/mol. The molecule has 0 radical (unpaired) electrons. The molecule has 1 aliphatic heterocycles. The number of imidazole rings is 1.